The van der Waals surface area contributed by atoms with E-state index < -0.39 is 17.9 Å². The van der Waals surface area contributed by atoms with E-state index in [2.05, 4.69) is 0 Å². The van der Waals surface area contributed by atoms with E-state index in [1.165, 1.54) is 24.1 Å². The van der Waals surface area contributed by atoms with Crippen LogP contribution in [0.15, 0.2) is 69.9 Å². The number of esters is 1. The van der Waals surface area contributed by atoms with Gasteiger partial charge in [-0.15, -0.1) is 0 Å². The number of carbonyl (C=O) groups excluding carboxylic acids is 2. The van der Waals surface area contributed by atoms with E-state index in [1.54, 1.807) is 48.5 Å². The number of carbonyl (C=O) groups is 2. The summed E-state index contributed by atoms with van der Waals surface area (Å²) in [6, 6.07) is 15.2. The van der Waals surface area contributed by atoms with Crippen molar-refractivity contribution in [3.05, 3.63) is 116 Å². The largest absolute Gasteiger partial charge is 0.465 e. The van der Waals surface area contributed by atoms with Crippen molar-refractivity contribution in [1.29, 1.82) is 0 Å². The summed E-state index contributed by atoms with van der Waals surface area (Å²) in [5, 5.41) is 0.402. The highest BCUT2D eigenvalue weighted by molar-refractivity contribution is 5.99. The Morgan fingerprint density at radius 1 is 1.00 bits per heavy atom. The maximum atomic E-state index is 13.7. The standard InChI is InChI=1S/C28H22FNO5/c1-15-12-21-22(13-16(15)2)35-26-23(25(21)31)24(18-6-8-19(9-7-18)28(33)34-3)30(27(26)32)14-17-4-10-20(29)11-5-17/h4-13,24H,14H2,1-3H3. The first-order valence-corrected chi connectivity index (χ1v) is 11.1. The minimum absolute atomic E-state index is 0.00471. The van der Waals surface area contributed by atoms with E-state index in [1.807, 2.05) is 13.8 Å². The Labute approximate surface area is 200 Å². The molecule has 0 saturated carbocycles. The molecule has 0 N–H and O–H groups in total. The lowest BCUT2D eigenvalue weighted by molar-refractivity contribution is 0.0599. The zero-order chi connectivity index (χ0) is 24.9. The lowest BCUT2D eigenvalue weighted by Crippen LogP contribution is -2.29. The van der Waals surface area contributed by atoms with Crippen molar-refractivity contribution in [3.63, 3.8) is 0 Å². The van der Waals surface area contributed by atoms with E-state index in [0.29, 0.717) is 27.7 Å². The van der Waals surface area contributed by atoms with Crippen LogP contribution < -0.4 is 5.43 Å². The van der Waals surface area contributed by atoms with E-state index in [0.717, 1.165) is 11.1 Å². The predicted molar refractivity (Wildman–Crippen MR) is 128 cm³/mol. The van der Waals surface area contributed by atoms with Gasteiger partial charge in [-0.3, -0.25) is 9.59 Å². The van der Waals surface area contributed by atoms with Crippen LogP contribution in [0.5, 0.6) is 0 Å². The summed E-state index contributed by atoms with van der Waals surface area (Å²) in [5.74, 6) is -1.30. The lowest BCUT2D eigenvalue weighted by Gasteiger charge is -2.25. The van der Waals surface area contributed by atoms with Gasteiger partial charge in [-0.1, -0.05) is 24.3 Å². The third-order valence-electron chi connectivity index (χ3n) is 6.50. The zero-order valence-corrected chi connectivity index (χ0v) is 19.4. The molecule has 1 unspecified atom stereocenters. The second-order valence-electron chi connectivity index (χ2n) is 8.68. The molecule has 0 saturated heterocycles. The summed E-state index contributed by atoms with van der Waals surface area (Å²) in [7, 11) is 1.30. The molecular formula is C28H22FNO5. The first-order valence-electron chi connectivity index (χ1n) is 11.1. The van der Waals surface area contributed by atoms with E-state index in [9.17, 15) is 18.8 Å². The molecule has 1 amide bonds. The number of hydrogen-bond donors (Lipinski definition) is 0. The maximum absolute atomic E-state index is 13.7. The number of nitrogens with zero attached hydrogens (tertiary/aromatic N) is 1. The fourth-order valence-electron chi connectivity index (χ4n) is 4.49. The number of halogens is 1. The summed E-state index contributed by atoms with van der Waals surface area (Å²) in [6.07, 6.45) is 0. The Kier molecular flexibility index (Phi) is 5.47. The van der Waals surface area contributed by atoms with E-state index in [4.69, 9.17) is 9.15 Å². The number of aryl methyl sites for hydroxylation is 2. The molecule has 176 valence electrons. The van der Waals surface area contributed by atoms with E-state index in [-0.39, 0.29) is 29.1 Å². The number of fused-ring (bicyclic) bond motifs is 2. The van der Waals surface area contributed by atoms with Crippen LogP contribution in [-0.2, 0) is 11.3 Å². The molecule has 0 aliphatic carbocycles. The Balaban J connectivity index is 1.70. The van der Waals surface area contributed by atoms with Crippen molar-refractivity contribution in [2.24, 2.45) is 0 Å². The predicted octanol–water partition coefficient (Wildman–Crippen LogP) is 5.08. The molecule has 0 bridgehead atoms. The fraction of sp³-hybridized carbons (Fsp3) is 0.179. The molecule has 0 spiro atoms. The van der Waals surface area contributed by atoms with Crippen LogP contribution >= 0.6 is 0 Å². The van der Waals surface area contributed by atoms with Gasteiger partial charge in [0.1, 0.15) is 11.4 Å². The Hall–Kier alpha value is -4.26. The third kappa shape index (κ3) is 3.79. The minimum atomic E-state index is -0.739. The SMILES string of the molecule is COC(=O)c1ccc(C2c3c(oc4cc(C)c(C)cc4c3=O)C(=O)N2Cc2ccc(F)cc2)cc1. The van der Waals surface area contributed by atoms with Crippen molar-refractivity contribution in [3.8, 4) is 0 Å². The Morgan fingerprint density at radius 3 is 2.31 bits per heavy atom. The molecule has 3 aromatic carbocycles. The second kappa shape index (κ2) is 8.51. The minimum Gasteiger partial charge on any atom is -0.465 e. The van der Waals surface area contributed by atoms with Gasteiger partial charge in [-0.2, -0.15) is 0 Å². The summed E-state index contributed by atoms with van der Waals surface area (Å²) < 4.78 is 24.3. The first kappa shape index (κ1) is 22.5. The highest BCUT2D eigenvalue weighted by atomic mass is 19.1. The quantitative estimate of drug-likeness (QED) is 0.388. The Bertz CT molecular complexity index is 1540. The second-order valence-corrected chi connectivity index (χ2v) is 8.68. The van der Waals surface area contributed by atoms with Crippen LogP contribution in [-0.4, -0.2) is 23.9 Å². The van der Waals surface area contributed by atoms with E-state index >= 15 is 0 Å². The van der Waals surface area contributed by atoms with Crippen molar-refractivity contribution in [2.75, 3.05) is 7.11 Å². The smallest absolute Gasteiger partial charge is 0.337 e. The summed E-state index contributed by atoms with van der Waals surface area (Å²) >= 11 is 0. The number of hydrogen-bond acceptors (Lipinski definition) is 5. The van der Waals surface area contributed by atoms with Gasteiger partial charge < -0.3 is 14.1 Å². The van der Waals surface area contributed by atoms with Crippen LogP contribution in [0.4, 0.5) is 4.39 Å². The molecule has 6 nitrogen and oxygen atoms in total. The van der Waals surface area contributed by atoms with Gasteiger partial charge in [0, 0.05) is 6.54 Å². The van der Waals surface area contributed by atoms with Crippen molar-refractivity contribution >= 4 is 22.8 Å². The van der Waals surface area contributed by atoms with Gasteiger partial charge in [0.2, 0.25) is 5.76 Å². The fourth-order valence-corrected chi connectivity index (χ4v) is 4.49. The average molecular weight is 471 g/mol. The Morgan fingerprint density at radius 2 is 1.66 bits per heavy atom. The van der Waals surface area contributed by atoms with Gasteiger partial charge in [-0.25, -0.2) is 9.18 Å². The molecule has 4 aromatic rings. The zero-order valence-electron chi connectivity index (χ0n) is 19.4. The molecule has 1 aliphatic rings. The number of ether oxygens (including phenoxy) is 1. The molecule has 7 heteroatoms. The number of amides is 1. The molecule has 1 atom stereocenters. The van der Waals surface area contributed by atoms with Gasteiger partial charge in [0.25, 0.3) is 5.91 Å². The van der Waals surface area contributed by atoms with Gasteiger partial charge >= 0.3 is 5.97 Å². The molecule has 1 aliphatic heterocycles. The lowest BCUT2D eigenvalue weighted by atomic mass is 9.96. The third-order valence-corrected chi connectivity index (χ3v) is 6.50. The molecule has 1 aromatic heterocycles. The normalized spacial score (nSPS) is 14.9. The topological polar surface area (TPSA) is 76.8 Å². The average Bonchev–Trinajstić information content (AvgIpc) is 3.13. The summed E-state index contributed by atoms with van der Waals surface area (Å²) in [4.78, 5) is 40.7. The molecule has 35 heavy (non-hydrogen) atoms. The van der Waals surface area contributed by atoms with Crippen molar-refractivity contribution in [2.45, 2.75) is 26.4 Å². The maximum Gasteiger partial charge on any atom is 0.337 e. The van der Waals surface area contributed by atoms with Crippen molar-refractivity contribution < 1.29 is 23.1 Å². The molecular weight excluding hydrogens is 449 g/mol. The van der Waals surface area contributed by atoms with Crippen LogP contribution in [0.25, 0.3) is 11.0 Å². The summed E-state index contributed by atoms with van der Waals surface area (Å²) in [6.45, 7) is 3.97. The number of rotatable bonds is 4. The molecule has 5 rings (SSSR count). The van der Waals surface area contributed by atoms with Gasteiger partial charge in [-0.05, 0) is 72.5 Å². The van der Waals surface area contributed by atoms with Crippen LogP contribution in [0, 0.1) is 19.7 Å². The van der Waals surface area contributed by atoms with Crippen molar-refractivity contribution in [1.82, 2.24) is 4.90 Å². The van der Waals surface area contributed by atoms with Crippen LogP contribution in [0.3, 0.4) is 0 Å². The number of benzene rings is 3. The molecule has 0 radical (unpaired) electrons. The van der Waals surface area contributed by atoms with Gasteiger partial charge in [0.15, 0.2) is 5.43 Å². The highest BCUT2D eigenvalue weighted by Gasteiger charge is 2.42. The van der Waals surface area contributed by atoms with Gasteiger partial charge in [0.05, 0.1) is 29.7 Å². The molecule has 0 fully saturated rings. The monoisotopic (exact) mass is 471 g/mol. The highest BCUT2D eigenvalue weighted by Crippen LogP contribution is 2.39. The molecule has 2 heterocycles. The van der Waals surface area contributed by atoms with Crippen LogP contribution in [0.1, 0.15) is 54.8 Å². The summed E-state index contributed by atoms with van der Waals surface area (Å²) in [5.41, 5.74) is 3.91. The number of methoxy groups -OCH3 is 1. The van der Waals surface area contributed by atoms with Crippen LogP contribution in [0.2, 0.25) is 0 Å². The first-order chi connectivity index (χ1) is 16.8.